The van der Waals surface area contributed by atoms with Gasteiger partial charge in [-0.3, -0.25) is 19.3 Å². The van der Waals surface area contributed by atoms with Crippen LogP contribution in [-0.2, 0) is 4.79 Å². The van der Waals surface area contributed by atoms with Crippen LogP contribution < -0.4 is 26.2 Å². The lowest BCUT2D eigenvalue weighted by Gasteiger charge is -2.36. The highest BCUT2D eigenvalue weighted by atomic mass is 35.5. The number of benzene rings is 2. The zero-order chi connectivity index (χ0) is 27.9. The van der Waals surface area contributed by atoms with Crippen molar-refractivity contribution < 1.29 is 14.3 Å². The van der Waals surface area contributed by atoms with Gasteiger partial charge in [0, 0.05) is 38.3 Å². The molecule has 1 amide bonds. The van der Waals surface area contributed by atoms with E-state index in [4.69, 9.17) is 33.7 Å². The van der Waals surface area contributed by atoms with Gasteiger partial charge in [-0.05, 0) is 62.0 Å². The van der Waals surface area contributed by atoms with Crippen LogP contribution in [0.15, 0.2) is 53.3 Å². The van der Waals surface area contributed by atoms with Gasteiger partial charge >= 0.3 is 0 Å². The smallest absolute Gasteiger partial charge is 0.257 e. The molecule has 1 fully saturated rings. The molecule has 1 unspecified atom stereocenters. The molecule has 0 radical (unpaired) electrons. The first-order valence-electron chi connectivity index (χ1n) is 13.0. The zero-order valence-corrected chi connectivity index (χ0v) is 23.4. The first-order valence-corrected chi connectivity index (χ1v) is 13.8. The van der Waals surface area contributed by atoms with Crippen LogP contribution in [0.5, 0.6) is 5.75 Å². The number of amides is 1. The van der Waals surface area contributed by atoms with Crippen molar-refractivity contribution >= 4 is 51.6 Å². The number of hydrogen-bond donors (Lipinski definition) is 2. The molecule has 1 saturated heterocycles. The number of nitrogens with two attached hydrogens (primary N) is 1. The lowest BCUT2D eigenvalue weighted by Crippen LogP contribution is -2.46. The second-order valence-electron chi connectivity index (χ2n) is 9.52. The predicted octanol–water partition coefficient (Wildman–Crippen LogP) is 3.39. The van der Waals surface area contributed by atoms with Crippen LogP contribution in [0, 0.1) is 0 Å². The maximum Gasteiger partial charge on any atom is 0.257 e. The largest absolute Gasteiger partial charge is 0.494 e. The number of nitrogens with one attached hydrogen (secondary N) is 1. The zero-order valence-electron chi connectivity index (χ0n) is 21.9. The normalized spacial score (nSPS) is 14.8. The molecule has 1 atom stereocenters. The van der Waals surface area contributed by atoms with Crippen LogP contribution in [0.4, 0.5) is 5.69 Å². The number of piperazine rings is 1. The van der Waals surface area contributed by atoms with Crippen LogP contribution in [0.25, 0.3) is 10.9 Å². The third-order valence-electron chi connectivity index (χ3n) is 6.80. The minimum Gasteiger partial charge on any atom is -0.494 e. The van der Waals surface area contributed by atoms with Gasteiger partial charge in [-0.15, -0.1) is 0 Å². The number of halogens is 2. The topological polar surface area (TPSA) is 110 Å². The Hall–Kier alpha value is -3.11. The van der Waals surface area contributed by atoms with Gasteiger partial charge in [-0.25, -0.2) is 4.57 Å². The van der Waals surface area contributed by atoms with Gasteiger partial charge < -0.3 is 20.7 Å². The van der Waals surface area contributed by atoms with Gasteiger partial charge in [-0.1, -0.05) is 29.3 Å². The fourth-order valence-corrected chi connectivity index (χ4v) is 5.08. The van der Waals surface area contributed by atoms with E-state index in [1.807, 2.05) is 24.3 Å². The lowest BCUT2D eigenvalue weighted by molar-refractivity contribution is -0.120. The van der Waals surface area contributed by atoms with Crippen LogP contribution >= 0.6 is 23.2 Å². The Morgan fingerprint density at radius 3 is 2.54 bits per heavy atom. The monoisotopic (exact) mass is 573 g/mol. The number of fused-ring (bicyclic) bond motifs is 1. The number of unbranched alkanes of at least 4 members (excludes halogenated alkanes) is 1. The highest BCUT2D eigenvalue weighted by molar-refractivity contribution is 6.43. The summed E-state index contributed by atoms with van der Waals surface area (Å²) in [5, 5.41) is 4.39. The third kappa shape index (κ3) is 7.10. The van der Waals surface area contributed by atoms with Crippen molar-refractivity contribution in [3.05, 3.63) is 68.9 Å². The van der Waals surface area contributed by atoms with E-state index >= 15 is 0 Å². The number of ether oxygens (including phenoxy) is 1. The second kappa shape index (κ2) is 13.3. The van der Waals surface area contributed by atoms with Crippen molar-refractivity contribution in [1.82, 2.24) is 14.8 Å². The number of carbonyl (C=O) groups is 2. The average molecular weight is 575 g/mol. The molecule has 0 bridgehead atoms. The Morgan fingerprint density at radius 2 is 1.79 bits per heavy atom. The Kier molecular flexibility index (Phi) is 9.85. The fraction of sp³-hybridized carbons (Fsp3) is 0.393. The van der Waals surface area contributed by atoms with Gasteiger partial charge in [0.15, 0.2) is 0 Å². The van der Waals surface area contributed by atoms with Crippen molar-refractivity contribution in [3.63, 3.8) is 0 Å². The standard InChI is InChI=1S/C28H33Cl2N5O4/c1-19(32-25(36)18-31)28(38)35-24-17-21(9-7-20(24)8-10-26(35)37)39-16-3-2-11-33-12-14-34(15-13-33)23-6-4-5-22(29)27(23)30/h4-10,17,19H,2-3,11-16,18,31H2,1H3,(H,32,36). The molecule has 2 heterocycles. The molecule has 208 valence electrons. The molecular formula is C28H33Cl2N5O4. The Balaban J connectivity index is 1.28. The summed E-state index contributed by atoms with van der Waals surface area (Å²) in [7, 11) is 0. The molecule has 1 aliphatic heterocycles. The molecule has 39 heavy (non-hydrogen) atoms. The quantitative estimate of drug-likeness (QED) is 0.358. The van der Waals surface area contributed by atoms with Crippen molar-refractivity contribution in [3.8, 4) is 5.75 Å². The Morgan fingerprint density at radius 1 is 1.05 bits per heavy atom. The van der Waals surface area contributed by atoms with E-state index in [1.54, 1.807) is 18.2 Å². The maximum atomic E-state index is 13.0. The van der Waals surface area contributed by atoms with E-state index in [2.05, 4.69) is 15.1 Å². The minimum absolute atomic E-state index is 0.242. The molecule has 11 heteroatoms. The van der Waals surface area contributed by atoms with E-state index in [-0.39, 0.29) is 6.54 Å². The lowest BCUT2D eigenvalue weighted by atomic mass is 10.2. The van der Waals surface area contributed by atoms with E-state index in [1.165, 1.54) is 13.0 Å². The average Bonchev–Trinajstić information content (AvgIpc) is 2.94. The summed E-state index contributed by atoms with van der Waals surface area (Å²) >= 11 is 12.5. The highest BCUT2D eigenvalue weighted by Crippen LogP contribution is 2.32. The molecule has 9 nitrogen and oxygen atoms in total. The molecule has 3 aromatic rings. The van der Waals surface area contributed by atoms with Crippen LogP contribution in [-0.4, -0.2) is 73.2 Å². The molecule has 4 rings (SSSR count). The maximum absolute atomic E-state index is 13.0. The summed E-state index contributed by atoms with van der Waals surface area (Å²) in [5.74, 6) is -0.442. The molecule has 1 aliphatic rings. The predicted molar refractivity (Wildman–Crippen MR) is 155 cm³/mol. The van der Waals surface area contributed by atoms with Gasteiger partial charge in [0.25, 0.3) is 11.5 Å². The van der Waals surface area contributed by atoms with E-state index in [0.29, 0.717) is 33.3 Å². The van der Waals surface area contributed by atoms with Crippen molar-refractivity contribution in [2.45, 2.75) is 25.8 Å². The molecule has 0 saturated carbocycles. The van der Waals surface area contributed by atoms with E-state index in [0.717, 1.165) is 55.8 Å². The van der Waals surface area contributed by atoms with E-state index < -0.39 is 23.4 Å². The number of rotatable bonds is 10. The number of aromatic nitrogens is 1. The molecule has 1 aromatic heterocycles. The van der Waals surface area contributed by atoms with Crippen molar-refractivity contribution in [1.29, 1.82) is 0 Å². The summed E-state index contributed by atoms with van der Waals surface area (Å²) in [4.78, 5) is 41.9. The van der Waals surface area contributed by atoms with E-state index in [9.17, 15) is 14.4 Å². The van der Waals surface area contributed by atoms with Crippen LogP contribution in [0.3, 0.4) is 0 Å². The molecule has 0 spiro atoms. The second-order valence-corrected chi connectivity index (χ2v) is 10.3. The van der Waals surface area contributed by atoms with Gasteiger partial charge in [0.1, 0.15) is 11.8 Å². The molecule has 2 aromatic carbocycles. The number of carbonyl (C=O) groups excluding carboxylic acids is 2. The number of nitrogens with zero attached hydrogens (tertiary/aromatic N) is 3. The van der Waals surface area contributed by atoms with Crippen molar-refractivity contribution in [2.24, 2.45) is 5.73 Å². The fourth-order valence-electron chi connectivity index (χ4n) is 4.66. The highest BCUT2D eigenvalue weighted by Gasteiger charge is 2.21. The summed E-state index contributed by atoms with van der Waals surface area (Å²) < 4.78 is 7.02. The molecule has 3 N–H and O–H groups in total. The van der Waals surface area contributed by atoms with Crippen LogP contribution in [0.1, 0.15) is 24.6 Å². The van der Waals surface area contributed by atoms with Gasteiger partial charge in [0.2, 0.25) is 5.91 Å². The summed E-state index contributed by atoms with van der Waals surface area (Å²) in [5.41, 5.74) is 6.26. The van der Waals surface area contributed by atoms with Crippen LogP contribution in [0.2, 0.25) is 10.0 Å². The SMILES string of the molecule is CC(NC(=O)CN)C(=O)n1c(=O)ccc2ccc(OCCCCN3CCN(c4cccc(Cl)c4Cl)CC3)cc21. The number of anilines is 1. The van der Waals surface area contributed by atoms with Crippen molar-refractivity contribution in [2.75, 3.05) is 50.8 Å². The Labute approximate surface area is 237 Å². The molecular weight excluding hydrogens is 541 g/mol. The summed E-state index contributed by atoms with van der Waals surface area (Å²) in [6, 6.07) is 13.1. The Bertz CT molecular complexity index is 1390. The van der Waals surface area contributed by atoms with Gasteiger partial charge in [0.05, 0.1) is 34.4 Å². The number of pyridine rings is 1. The first kappa shape index (κ1) is 28.9. The molecule has 0 aliphatic carbocycles. The number of hydrogen-bond acceptors (Lipinski definition) is 7. The third-order valence-corrected chi connectivity index (χ3v) is 7.61. The minimum atomic E-state index is -0.904. The first-order chi connectivity index (χ1) is 18.8. The van der Waals surface area contributed by atoms with Gasteiger partial charge in [-0.2, -0.15) is 0 Å². The summed E-state index contributed by atoms with van der Waals surface area (Å²) in [6.07, 6.45) is 1.84. The summed E-state index contributed by atoms with van der Waals surface area (Å²) in [6.45, 7) is 6.44.